The number of furan rings is 1. The summed E-state index contributed by atoms with van der Waals surface area (Å²) in [6, 6.07) is 23.5. The average Bonchev–Trinajstić information content (AvgIpc) is 3.41. The number of rotatable bonds is 13. The topological polar surface area (TPSA) is 73.2 Å². The van der Waals surface area contributed by atoms with Crippen molar-refractivity contribution in [3.8, 4) is 17.2 Å². The molecule has 0 aliphatic carbocycles. The van der Waals surface area contributed by atoms with Crippen LogP contribution in [0.25, 0.3) is 0 Å². The third-order valence-corrected chi connectivity index (χ3v) is 6.25. The van der Waals surface area contributed by atoms with Crippen LogP contribution >= 0.6 is 0 Å². The Bertz CT molecular complexity index is 1390. The highest BCUT2D eigenvalue weighted by molar-refractivity contribution is 5.91. The molecule has 1 amide bonds. The van der Waals surface area contributed by atoms with Crippen LogP contribution in [0.15, 0.2) is 83.3 Å². The lowest BCUT2D eigenvalue weighted by Crippen LogP contribution is -2.25. The van der Waals surface area contributed by atoms with E-state index < -0.39 is 0 Å². The van der Waals surface area contributed by atoms with Crippen molar-refractivity contribution in [2.24, 2.45) is 0 Å². The van der Waals surface area contributed by atoms with Crippen LogP contribution in [0.5, 0.6) is 17.2 Å². The van der Waals surface area contributed by atoms with E-state index in [1.54, 1.807) is 39.5 Å². The monoisotopic (exact) mass is 532 g/mol. The van der Waals surface area contributed by atoms with Crippen molar-refractivity contribution in [1.82, 2.24) is 10.2 Å². The van der Waals surface area contributed by atoms with Crippen LogP contribution in [0.4, 0.5) is 4.39 Å². The van der Waals surface area contributed by atoms with Crippen LogP contribution in [0, 0.1) is 5.82 Å². The Morgan fingerprint density at radius 1 is 0.795 bits per heavy atom. The summed E-state index contributed by atoms with van der Waals surface area (Å²) in [4.78, 5) is 14.9. The van der Waals surface area contributed by atoms with E-state index in [0.29, 0.717) is 49.9 Å². The molecule has 0 atom stereocenters. The molecule has 0 fully saturated rings. The fourth-order valence-corrected chi connectivity index (χ4v) is 4.34. The van der Waals surface area contributed by atoms with Gasteiger partial charge >= 0.3 is 0 Å². The fourth-order valence-electron chi connectivity index (χ4n) is 4.34. The molecule has 4 rings (SSSR count). The molecule has 4 aromatic rings. The lowest BCUT2D eigenvalue weighted by atomic mass is 10.1. The van der Waals surface area contributed by atoms with Gasteiger partial charge in [0.2, 0.25) is 0 Å². The molecule has 3 aromatic carbocycles. The second kappa shape index (κ2) is 13.5. The summed E-state index contributed by atoms with van der Waals surface area (Å²) < 4.78 is 35.7. The minimum Gasteiger partial charge on any atom is -0.497 e. The first kappa shape index (κ1) is 27.7. The molecule has 1 heterocycles. The molecule has 0 spiro atoms. The van der Waals surface area contributed by atoms with Crippen molar-refractivity contribution in [2.75, 3.05) is 27.9 Å². The first-order valence-electron chi connectivity index (χ1n) is 12.6. The number of benzene rings is 3. The Balaban J connectivity index is 1.39. The van der Waals surface area contributed by atoms with Gasteiger partial charge in [0.15, 0.2) is 17.3 Å². The highest BCUT2D eigenvalue weighted by Gasteiger charge is 2.15. The Labute approximate surface area is 228 Å². The minimum atomic E-state index is -0.286. The highest BCUT2D eigenvalue weighted by atomic mass is 19.1. The number of ether oxygens (including phenoxy) is 3. The number of hydrogen-bond acceptors (Lipinski definition) is 6. The smallest absolute Gasteiger partial charge is 0.287 e. The molecule has 0 aliphatic heterocycles. The van der Waals surface area contributed by atoms with Crippen LogP contribution in [0.2, 0.25) is 0 Å². The van der Waals surface area contributed by atoms with Gasteiger partial charge in [-0.15, -0.1) is 0 Å². The third kappa shape index (κ3) is 7.85. The molecule has 39 heavy (non-hydrogen) atoms. The van der Waals surface area contributed by atoms with Crippen LogP contribution in [-0.4, -0.2) is 38.7 Å². The van der Waals surface area contributed by atoms with E-state index in [0.717, 1.165) is 22.4 Å². The summed E-state index contributed by atoms with van der Waals surface area (Å²) >= 11 is 0. The van der Waals surface area contributed by atoms with Gasteiger partial charge in [0, 0.05) is 19.6 Å². The molecule has 7 nitrogen and oxygen atoms in total. The lowest BCUT2D eigenvalue weighted by molar-refractivity contribution is 0.0922. The molecule has 1 N–H and O–H groups in total. The summed E-state index contributed by atoms with van der Waals surface area (Å²) in [5, 5.41) is 2.90. The Morgan fingerprint density at radius 2 is 1.54 bits per heavy atom. The van der Waals surface area contributed by atoms with Crippen molar-refractivity contribution in [2.45, 2.75) is 26.1 Å². The predicted octanol–water partition coefficient (Wildman–Crippen LogP) is 5.62. The molecular weight excluding hydrogens is 499 g/mol. The van der Waals surface area contributed by atoms with Crippen molar-refractivity contribution in [1.29, 1.82) is 0 Å². The zero-order valence-electron chi connectivity index (χ0n) is 22.4. The summed E-state index contributed by atoms with van der Waals surface area (Å²) in [5.41, 5.74) is 2.90. The van der Waals surface area contributed by atoms with Gasteiger partial charge in [-0.25, -0.2) is 4.39 Å². The second-order valence-corrected chi connectivity index (χ2v) is 9.09. The van der Waals surface area contributed by atoms with Crippen LogP contribution in [-0.2, 0) is 26.1 Å². The van der Waals surface area contributed by atoms with Gasteiger partial charge in [0.1, 0.15) is 17.3 Å². The summed E-state index contributed by atoms with van der Waals surface area (Å²) in [6.07, 6.45) is 0.627. The Kier molecular flexibility index (Phi) is 9.58. The van der Waals surface area contributed by atoms with E-state index in [1.165, 1.54) is 12.1 Å². The maximum Gasteiger partial charge on any atom is 0.287 e. The molecule has 8 heteroatoms. The largest absolute Gasteiger partial charge is 0.497 e. The van der Waals surface area contributed by atoms with Gasteiger partial charge in [-0.2, -0.15) is 0 Å². The SMILES string of the molecule is COc1cccc(CN(Cc2cccc(F)c2)Cc2ccc(C(=O)NCCc3ccc(OC)c(OC)c3)o2)c1. The van der Waals surface area contributed by atoms with Gasteiger partial charge in [0.05, 0.1) is 27.9 Å². The number of methoxy groups -OCH3 is 3. The number of amides is 1. The highest BCUT2D eigenvalue weighted by Crippen LogP contribution is 2.27. The molecular formula is C31H33FN2O5. The van der Waals surface area contributed by atoms with E-state index in [9.17, 15) is 9.18 Å². The average molecular weight is 533 g/mol. The van der Waals surface area contributed by atoms with Crippen molar-refractivity contribution < 1.29 is 27.8 Å². The minimum absolute atomic E-state index is 0.240. The lowest BCUT2D eigenvalue weighted by Gasteiger charge is -2.22. The quantitative estimate of drug-likeness (QED) is 0.241. The molecule has 204 valence electrons. The van der Waals surface area contributed by atoms with Gasteiger partial charge in [-0.05, 0) is 71.6 Å². The maximum absolute atomic E-state index is 13.8. The van der Waals surface area contributed by atoms with Crippen LogP contribution < -0.4 is 19.5 Å². The molecule has 0 aliphatic rings. The van der Waals surface area contributed by atoms with Gasteiger partial charge in [0.25, 0.3) is 5.91 Å². The standard InChI is InChI=1S/C31H33FN2O5/c1-36-26-9-5-7-24(17-26)20-34(19-23-6-4-8-25(32)16-23)21-27-11-13-29(39-27)31(35)33-15-14-22-10-12-28(37-2)30(18-22)38-3/h4-13,16-18H,14-15,19-21H2,1-3H3,(H,33,35). The van der Waals surface area contributed by atoms with Crippen molar-refractivity contribution in [3.63, 3.8) is 0 Å². The predicted molar refractivity (Wildman–Crippen MR) is 147 cm³/mol. The van der Waals surface area contributed by atoms with Crippen molar-refractivity contribution in [3.05, 3.63) is 113 Å². The number of nitrogens with zero attached hydrogens (tertiary/aromatic N) is 1. The third-order valence-electron chi connectivity index (χ3n) is 6.25. The first-order valence-corrected chi connectivity index (χ1v) is 12.6. The van der Waals surface area contributed by atoms with E-state index in [1.807, 2.05) is 48.5 Å². The number of nitrogens with one attached hydrogen (secondary N) is 1. The fraction of sp³-hybridized carbons (Fsp3) is 0.258. The normalized spacial score (nSPS) is 10.9. The molecule has 0 radical (unpaired) electrons. The Hall–Kier alpha value is -4.30. The molecule has 0 bridgehead atoms. The number of halogens is 1. The van der Waals surface area contributed by atoms with E-state index >= 15 is 0 Å². The molecule has 0 unspecified atom stereocenters. The van der Waals surface area contributed by atoms with Gasteiger partial charge < -0.3 is 23.9 Å². The van der Waals surface area contributed by atoms with Crippen LogP contribution in [0.1, 0.15) is 33.0 Å². The van der Waals surface area contributed by atoms with Gasteiger partial charge in [-0.1, -0.05) is 30.3 Å². The zero-order chi connectivity index (χ0) is 27.6. The summed E-state index contributed by atoms with van der Waals surface area (Å²) in [7, 11) is 4.82. The van der Waals surface area contributed by atoms with Crippen LogP contribution in [0.3, 0.4) is 0 Å². The first-order chi connectivity index (χ1) is 19.0. The number of carbonyl (C=O) groups is 1. The van der Waals surface area contributed by atoms with E-state index in [2.05, 4.69) is 10.2 Å². The second-order valence-electron chi connectivity index (χ2n) is 9.09. The molecule has 0 saturated carbocycles. The van der Waals surface area contributed by atoms with Crippen molar-refractivity contribution >= 4 is 5.91 Å². The summed E-state index contributed by atoms with van der Waals surface area (Å²) in [6.45, 7) is 1.96. The maximum atomic E-state index is 13.8. The van der Waals surface area contributed by atoms with Gasteiger partial charge in [-0.3, -0.25) is 9.69 Å². The number of carbonyl (C=O) groups excluding carboxylic acids is 1. The summed E-state index contributed by atoms with van der Waals surface area (Å²) in [5.74, 6) is 2.39. The van der Waals surface area contributed by atoms with E-state index in [4.69, 9.17) is 18.6 Å². The Morgan fingerprint density at radius 3 is 2.26 bits per heavy atom. The molecule has 0 saturated heterocycles. The number of hydrogen-bond donors (Lipinski definition) is 1. The zero-order valence-corrected chi connectivity index (χ0v) is 22.4. The molecule has 1 aromatic heterocycles. The van der Waals surface area contributed by atoms with E-state index in [-0.39, 0.29) is 17.5 Å².